The molecule has 5 nitrogen and oxygen atoms in total. The smallest absolute Gasteiger partial charge is 0.276 e. The van der Waals surface area contributed by atoms with Gasteiger partial charge in [-0.05, 0) is 60.8 Å². The topological polar surface area (TPSA) is 53.9 Å². The number of hydrogen-bond acceptors (Lipinski definition) is 3. The summed E-state index contributed by atoms with van der Waals surface area (Å²) < 4.78 is 1.58. The molecule has 4 aromatic rings. The molecule has 0 aliphatic heterocycles. The Hall–Kier alpha value is -3.18. The molecule has 2 heterocycles. The van der Waals surface area contributed by atoms with Crippen LogP contribution in [0.2, 0.25) is 0 Å². The summed E-state index contributed by atoms with van der Waals surface area (Å²) in [5.41, 5.74) is 3.28. The van der Waals surface area contributed by atoms with Crippen LogP contribution in [0.3, 0.4) is 0 Å². The zero-order chi connectivity index (χ0) is 19.8. The Bertz CT molecular complexity index is 1210. The van der Waals surface area contributed by atoms with E-state index in [2.05, 4.69) is 64.5 Å². The summed E-state index contributed by atoms with van der Waals surface area (Å²) in [6.07, 6.45) is 4.41. The third-order valence-corrected chi connectivity index (χ3v) is 5.99. The van der Waals surface area contributed by atoms with Crippen molar-refractivity contribution in [1.29, 1.82) is 0 Å². The van der Waals surface area contributed by atoms with Gasteiger partial charge in [-0.15, -0.1) is 0 Å². The van der Waals surface area contributed by atoms with Gasteiger partial charge in [0, 0.05) is 30.0 Å². The molecule has 1 atom stereocenters. The SMILES string of the molecule is CN(Cc1ccc2ccccc2c1)C1CCc2[nH]n(-c3ccccn3)c(=O)c2C1. The van der Waals surface area contributed by atoms with Crippen LogP contribution in [0.4, 0.5) is 0 Å². The molecular weight excluding hydrogens is 360 g/mol. The molecule has 1 aliphatic rings. The van der Waals surface area contributed by atoms with E-state index < -0.39 is 0 Å². The molecular formula is C24H24N4O. The highest BCUT2D eigenvalue weighted by atomic mass is 16.1. The summed E-state index contributed by atoms with van der Waals surface area (Å²) in [6, 6.07) is 21.1. The highest BCUT2D eigenvalue weighted by molar-refractivity contribution is 5.82. The lowest BCUT2D eigenvalue weighted by atomic mass is 9.92. The van der Waals surface area contributed by atoms with E-state index >= 15 is 0 Å². The highest BCUT2D eigenvalue weighted by Crippen LogP contribution is 2.23. The van der Waals surface area contributed by atoms with Crippen LogP contribution in [0, 0.1) is 0 Å². The average Bonchev–Trinajstić information content (AvgIpc) is 3.10. The fourth-order valence-corrected chi connectivity index (χ4v) is 4.36. The third-order valence-electron chi connectivity index (χ3n) is 5.99. The predicted octanol–water partition coefficient (Wildman–Crippen LogP) is 3.70. The molecule has 0 spiro atoms. The lowest BCUT2D eigenvalue weighted by Crippen LogP contribution is -2.37. The number of likely N-dealkylation sites (N-methyl/N-ethyl adjacent to an activating group) is 1. The van der Waals surface area contributed by atoms with E-state index in [1.807, 2.05) is 18.2 Å². The Morgan fingerprint density at radius 1 is 1.10 bits per heavy atom. The molecule has 0 fully saturated rings. The second kappa shape index (κ2) is 7.33. The van der Waals surface area contributed by atoms with Crippen LogP contribution in [0.15, 0.2) is 71.7 Å². The molecule has 0 saturated heterocycles. The van der Waals surface area contributed by atoms with Crippen molar-refractivity contribution in [1.82, 2.24) is 19.7 Å². The van der Waals surface area contributed by atoms with E-state index in [1.54, 1.807) is 10.9 Å². The zero-order valence-corrected chi connectivity index (χ0v) is 16.5. The van der Waals surface area contributed by atoms with Gasteiger partial charge in [0.05, 0.1) is 0 Å². The van der Waals surface area contributed by atoms with Crippen molar-refractivity contribution in [3.05, 3.63) is 94.0 Å². The molecule has 1 N–H and O–H groups in total. The van der Waals surface area contributed by atoms with Gasteiger partial charge in [0.1, 0.15) is 0 Å². The van der Waals surface area contributed by atoms with Crippen molar-refractivity contribution in [3.8, 4) is 5.82 Å². The van der Waals surface area contributed by atoms with Crippen molar-refractivity contribution in [2.75, 3.05) is 7.05 Å². The second-order valence-electron chi connectivity index (χ2n) is 7.89. The van der Waals surface area contributed by atoms with Crippen molar-refractivity contribution in [2.45, 2.75) is 31.8 Å². The first-order valence-electron chi connectivity index (χ1n) is 10.1. The quantitative estimate of drug-likeness (QED) is 0.584. The zero-order valence-electron chi connectivity index (χ0n) is 16.5. The van der Waals surface area contributed by atoms with Crippen LogP contribution in [-0.4, -0.2) is 32.8 Å². The number of hydrogen-bond donors (Lipinski definition) is 1. The number of nitrogens with zero attached hydrogens (tertiary/aromatic N) is 3. The maximum Gasteiger partial charge on any atom is 0.276 e. The van der Waals surface area contributed by atoms with Crippen LogP contribution in [0.1, 0.15) is 23.2 Å². The van der Waals surface area contributed by atoms with Crippen LogP contribution in [-0.2, 0) is 19.4 Å². The van der Waals surface area contributed by atoms with E-state index in [0.29, 0.717) is 11.9 Å². The Balaban J connectivity index is 1.36. The van der Waals surface area contributed by atoms with Gasteiger partial charge in [-0.25, -0.2) is 9.67 Å². The fourth-order valence-electron chi connectivity index (χ4n) is 4.36. The van der Waals surface area contributed by atoms with E-state index in [-0.39, 0.29) is 5.56 Å². The van der Waals surface area contributed by atoms with Gasteiger partial charge in [0.15, 0.2) is 5.82 Å². The molecule has 1 unspecified atom stereocenters. The average molecular weight is 384 g/mol. The number of pyridine rings is 1. The van der Waals surface area contributed by atoms with Crippen LogP contribution in [0.5, 0.6) is 0 Å². The van der Waals surface area contributed by atoms with E-state index in [0.717, 1.165) is 37.1 Å². The van der Waals surface area contributed by atoms with Gasteiger partial charge in [-0.1, -0.05) is 42.5 Å². The summed E-state index contributed by atoms with van der Waals surface area (Å²) in [5.74, 6) is 0.646. The van der Waals surface area contributed by atoms with Crippen molar-refractivity contribution >= 4 is 10.8 Å². The standard InChI is InChI=1S/C24H24N4O/c1-27(16-17-9-10-18-6-2-3-7-19(18)14-17)20-11-12-22-21(15-20)24(29)28(26-22)23-8-4-5-13-25-23/h2-10,13-14,20,26H,11-12,15-16H2,1H3. The predicted molar refractivity (Wildman–Crippen MR) is 115 cm³/mol. The minimum atomic E-state index is 0.0301. The summed E-state index contributed by atoms with van der Waals surface area (Å²) in [4.78, 5) is 19.6. The van der Waals surface area contributed by atoms with Gasteiger partial charge < -0.3 is 0 Å². The molecule has 2 aromatic carbocycles. The molecule has 1 aliphatic carbocycles. The molecule has 5 heteroatoms. The fraction of sp³-hybridized carbons (Fsp3) is 0.250. The largest absolute Gasteiger partial charge is 0.299 e. The van der Waals surface area contributed by atoms with Crippen molar-refractivity contribution < 1.29 is 0 Å². The summed E-state index contributed by atoms with van der Waals surface area (Å²) in [7, 11) is 2.16. The minimum absolute atomic E-state index is 0.0301. The van der Waals surface area contributed by atoms with E-state index in [4.69, 9.17) is 0 Å². The molecule has 0 amide bonds. The molecule has 0 saturated carbocycles. The monoisotopic (exact) mass is 384 g/mol. The summed E-state index contributed by atoms with van der Waals surface area (Å²) in [5, 5.41) is 5.81. The number of rotatable bonds is 4. The van der Waals surface area contributed by atoms with Crippen LogP contribution in [0.25, 0.3) is 16.6 Å². The molecule has 5 rings (SSSR count). The molecule has 0 bridgehead atoms. The van der Waals surface area contributed by atoms with E-state index in [1.165, 1.54) is 16.3 Å². The Morgan fingerprint density at radius 3 is 2.76 bits per heavy atom. The highest BCUT2D eigenvalue weighted by Gasteiger charge is 2.27. The van der Waals surface area contributed by atoms with Crippen LogP contribution >= 0.6 is 0 Å². The molecule has 29 heavy (non-hydrogen) atoms. The summed E-state index contributed by atoms with van der Waals surface area (Å²) >= 11 is 0. The van der Waals surface area contributed by atoms with Gasteiger partial charge in [-0.3, -0.25) is 14.8 Å². The number of benzene rings is 2. The lowest BCUT2D eigenvalue weighted by molar-refractivity contribution is 0.213. The number of aromatic nitrogens is 3. The Kier molecular flexibility index (Phi) is 4.52. The molecule has 2 aromatic heterocycles. The van der Waals surface area contributed by atoms with Gasteiger partial charge in [0.2, 0.25) is 0 Å². The first-order chi connectivity index (χ1) is 14.2. The van der Waals surface area contributed by atoms with Crippen molar-refractivity contribution in [2.24, 2.45) is 0 Å². The maximum absolute atomic E-state index is 13.0. The Labute approximate surface area is 169 Å². The maximum atomic E-state index is 13.0. The van der Waals surface area contributed by atoms with Gasteiger partial charge in [0.25, 0.3) is 5.56 Å². The summed E-state index contributed by atoms with van der Waals surface area (Å²) in [6.45, 7) is 0.879. The minimum Gasteiger partial charge on any atom is -0.299 e. The van der Waals surface area contributed by atoms with Gasteiger partial charge in [-0.2, -0.15) is 0 Å². The second-order valence-corrected chi connectivity index (χ2v) is 7.89. The van der Waals surface area contributed by atoms with Crippen molar-refractivity contribution in [3.63, 3.8) is 0 Å². The first kappa shape index (κ1) is 17.9. The number of aromatic amines is 1. The number of nitrogens with one attached hydrogen (secondary N) is 1. The van der Waals surface area contributed by atoms with Gasteiger partial charge >= 0.3 is 0 Å². The third kappa shape index (κ3) is 3.38. The molecule has 0 radical (unpaired) electrons. The number of H-pyrrole nitrogens is 1. The first-order valence-corrected chi connectivity index (χ1v) is 10.1. The Morgan fingerprint density at radius 2 is 1.93 bits per heavy atom. The number of fused-ring (bicyclic) bond motifs is 2. The lowest BCUT2D eigenvalue weighted by Gasteiger charge is -2.30. The molecule has 146 valence electrons. The normalized spacial score (nSPS) is 16.3. The van der Waals surface area contributed by atoms with E-state index in [9.17, 15) is 4.79 Å². The number of aryl methyl sites for hydroxylation is 1. The van der Waals surface area contributed by atoms with Crippen LogP contribution < -0.4 is 5.56 Å².